The maximum absolute atomic E-state index is 13.7. The smallest absolute Gasteiger partial charge is 0.417 e. The van der Waals surface area contributed by atoms with Gasteiger partial charge in [0.05, 0.1) is 18.4 Å². The highest BCUT2D eigenvalue weighted by atomic mass is 32.2. The van der Waals surface area contributed by atoms with Crippen molar-refractivity contribution in [2.45, 2.75) is 38.3 Å². The first-order valence-electron chi connectivity index (χ1n) is 12.0. The highest BCUT2D eigenvalue weighted by molar-refractivity contribution is 7.91. The molecule has 214 valence electrons. The minimum atomic E-state index is -4.62. The molecule has 1 amide bonds. The topological polar surface area (TPSA) is 131 Å². The van der Waals surface area contributed by atoms with Crippen LogP contribution in [0.15, 0.2) is 70.7 Å². The molecular formula is C28H30F3N3O5S. The fraction of sp³-hybridized carbons (Fsp3) is 0.286. The standard InChI is InChI=1S/C28H30F3N3O5S/c1-27(2,3)16-40(37,38)24-12-9-17(14-23(24)39-4)26(35)33-19-10-11-20(18(13-19)15-25(32)34-36)21-7-5-6-8-22(21)28(29,30)31/h5-14,36H,15-16H2,1-4H3,(H2,32,34)(H,33,35). The Morgan fingerprint density at radius 3 is 2.30 bits per heavy atom. The number of hydrogen-bond donors (Lipinski definition) is 3. The van der Waals surface area contributed by atoms with Gasteiger partial charge in [0, 0.05) is 17.7 Å². The van der Waals surface area contributed by atoms with Crippen LogP contribution in [0.2, 0.25) is 0 Å². The van der Waals surface area contributed by atoms with Gasteiger partial charge in [-0.2, -0.15) is 13.2 Å². The Hall–Kier alpha value is -4.06. The molecule has 40 heavy (non-hydrogen) atoms. The summed E-state index contributed by atoms with van der Waals surface area (Å²) in [6.45, 7) is 5.38. The van der Waals surface area contributed by atoms with Crippen LogP contribution in [0.5, 0.6) is 5.75 Å². The lowest BCUT2D eigenvalue weighted by Crippen LogP contribution is -2.21. The summed E-state index contributed by atoms with van der Waals surface area (Å²) >= 11 is 0. The number of carbonyl (C=O) groups excluding carboxylic acids is 1. The SMILES string of the molecule is COc1cc(C(=O)Nc2ccc(-c3ccccc3C(F)(F)F)c(C/C(N)=N\O)c2)ccc1S(=O)(=O)CC(C)(C)C. The summed E-state index contributed by atoms with van der Waals surface area (Å²) in [6.07, 6.45) is -4.82. The third-order valence-corrected chi connectivity index (χ3v) is 8.02. The van der Waals surface area contributed by atoms with Gasteiger partial charge in [0.1, 0.15) is 16.5 Å². The first-order valence-corrected chi connectivity index (χ1v) is 13.7. The minimum Gasteiger partial charge on any atom is -0.495 e. The number of amides is 1. The first-order chi connectivity index (χ1) is 18.6. The molecule has 0 radical (unpaired) electrons. The van der Waals surface area contributed by atoms with Crippen molar-refractivity contribution in [1.29, 1.82) is 0 Å². The molecule has 0 saturated heterocycles. The second kappa shape index (κ2) is 11.6. The number of anilines is 1. The maximum atomic E-state index is 13.7. The fourth-order valence-electron chi connectivity index (χ4n) is 4.19. The second-order valence-electron chi connectivity index (χ2n) is 10.3. The van der Waals surface area contributed by atoms with E-state index in [1.165, 1.54) is 61.7 Å². The van der Waals surface area contributed by atoms with E-state index in [4.69, 9.17) is 15.7 Å². The summed E-state index contributed by atoms with van der Waals surface area (Å²) in [5.41, 5.74) is 4.97. The Kier molecular flexibility index (Phi) is 8.83. The molecule has 0 atom stereocenters. The summed E-state index contributed by atoms with van der Waals surface area (Å²) < 4.78 is 72.1. The molecule has 0 aliphatic heterocycles. The van der Waals surface area contributed by atoms with Gasteiger partial charge in [0.25, 0.3) is 5.91 Å². The average molecular weight is 578 g/mol. The monoisotopic (exact) mass is 577 g/mol. The fourth-order valence-corrected chi connectivity index (χ4v) is 6.21. The van der Waals surface area contributed by atoms with Crippen LogP contribution in [0.1, 0.15) is 42.3 Å². The van der Waals surface area contributed by atoms with Gasteiger partial charge in [-0.1, -0.05) is 50.2 Å². The van der Waals surface area contributed by atoms with Crippen molar-refractivity contribution in [2.24, 2.45) is 16.3 Å². The molecule has 0 saturated carbocycles. The number of hydrogen-bond acceptors (Lipinski definition) is 6. The van der Waals surface area contributed by atoms with Crippen LogP contribution in [0.3, 0.4) is 0 Å². The number of sulfone groups is 1. The van der Waals surface area contributed by atoms with Crippen molar-refractivity contribution >= 4 is 27.3 Å². The van der Waals surface area contributed by atoms with Crippen LogP contribution < -0.4 is 15.8 Å². The number of alkyl halides is 3. The van der Waals surface area contributed by atoms with E-state index in [9.17, 15) is 26.4 Å². The number of nitrogens with two attached hydrogens (primary N) is 1. The molecular weight excluding hydrogens is 547 g/mol. The summed E-state index contributed by atoms with van der Waals surface area (Å²) in [5.74, 6) is -0.986. The van der Waals surface area contributed by atoms with Crippen molar-refractivity contribution in [1.82, 2.24) is 0 Å². The highest BCUT2D eigenvalue weighted by Gasteiger charge is 2.34. The van der Waals surface area contributed by atoms with Gasteiger partial charge in [0.2, 0.25) is 0 Å². The van der Waals surface area contributed by atoms with Crippen LogP contribution in [0, 0.1) is 5.41 Å². The van der Waals surface area contributed by atoms with E-state index < -0.39 is 32.9 Å². The van der Waals surface area contributed by atoms with Gasteiger partial charge in [-0.25, -0.2) is 8.42 Å². The average Bonchev–Trinajstić information content (AvgIpc) is 2.86. The van der Waals surface area contributed by atoms with Crippen molar-refractivity contribution in [2.75, 3.05) is 18.2 Å². The van der Waals surface area contributed by atoms with E-state index in [0.29, 0.717) is 0 Å². The second-order valence-corrected chi connectivity index (χ2v) is 12.3. The zero-order chi connectivity index (χ0) is 29.9. The Morgan fingerprint density at radius 1 is 1.02 bits per heavy atom. The molecule has 0 aliphatic rings. The predicted molar refractivity (Wildman–Crippen MR) is 146 cm³/mol. The number of amidine groups is 1. The largest absolute Gasteiger partial charge is 0.495 e. The Balaban J connectivity index is 1.99. The minimum absolute atomic E-state index is 0.00336. The number of ether oxygens (including phenoxy) is 1. The number of carbonyl (C=O) groups is 1. The van der Waals surface area contributed by atoms with Gasteiger partial charge in [-0.3, -0.25) is 4.79 Å². The molecule has 0 bridgehead atoms. The van der Waals surface area contributed by atoms with Crippen LogP contribution in [-0.4, -0.2) is 38.2 Å². The van der Waals surface area contributed by atoms with E-state index in [0.717, 1.165) is 6.07 Å². The molecule has 0 fully saturated rings. The van der Waals surface area contributed by atoms with Gasteiger partial charge >= 0.3 is 6.18 Å². The van der Waals surface area contributed by atoms with E-state index in [2.05, 4.69) is 10.5 Å². The first kappa shape index (κ1) is 30.5. The van der Waals surface area contributed by atoms with Gasteiger partial charge in [0.15, 0.2) is 9.84 Å². The van der Waals surface area contributed by atoms with Crippen molar-refractivity contribution < 1.29 is 36.3 Å². The van der Waals surface area contributed by atoms with Crippen LogP contribution in [-0.2, 0) is 22.4 Å². The Labute approximate surface area is 230 Å². The lowest BCUT2D eigenvalue weighted by Gasteiger charge is -2.19. The van der Waals surface area contributed by atoms with Gasteiger partial charge in [-0.15, -0.1) is 0 Å². The molecule has 0 aromatic heterocycles. The third-order valence-electron chi connectivity index (χ3n) is 5.77. The summed E-state index contributed by atoms with van der Waals surface area (Å²) in [7, 11) is -2.41. The number of rotatable bonds is 8. The molecule has 0 heterocycles. The number of nitrogens with one attached hydrogen (secondary N) is 1. The van der Waals surface area contributed by atoms with E-state index in [-0.39, 0.29) is 56.6 Å². The molecule has 0 spiro atoms. The van der Waals surface area contributed by atoms with Crippen LogP contribution in [0.4, 0.5) is 18.9 Å². The maximum Gasteiger partial charge on any atom is 0.417 e. The zero-order valence-electron chi connectivity index (χ0n) is 22.3. The molecule has 3 rings (SSSR count). The lowest BCUT2D eigenvalue weighted by molar-refractivity contribution is -0.137. The Bertz CT molecular complexity index is 1550. The quantitative estimate of drug-likeness (QED) is 0.135. The number of methoxy groups -OCH3 is 1. The normalized spacial score (nSPS) is 12.7. The number of halogens is 3. The molecule has 3 aromatic carbocycles. The molecule has 8 nitrogen and oxygen atoms in total. The molecule has 12 heteroatoms. The van der Waals surface area contributed by atoms with Crippen molar-refractivity contribution in [3.8, 4) is 16.9 Å². The van der Waals surface area contributed by atoms with E-state index >= 15 is 0 Å². The number of nitrogens with zero attached hydrogens (tertiary/aromatic N) is 1. The molecule has 0 unspecified atom stereocenters. The number of benzene rings is 3. The molecule has 4 N–H and O–H groups in total. The van der Waals surface area contributed by atoms with Crippen molar-refractivity contribution in [3.63, 3.8) is 0 Å². The van der Waals surface area contributed by atoms with Gasteiger partial charge in [-0.05, 0) is 58.5 Å². The van der Waals surface area contributed by atoms with E-state index in [1.54, 1.807) is 20.8 Å². The van der Waals surface area contributed by atoms with Crippen LogP contribution >= 0.6 is 0 Å². The van der Waals surface area contributed by atoms with E-state index in [1.807, 2.05) is 0 Å². The molecule has 0 aliphatic carbocycles. The number of oxime groups is 1. The highest BCUT2D eigenvalue weighted by Crippen LogP contribution is 2.39. The zero-order valence-corrected chi connectivity index (χ0v) is 23.2. The summed E-state index contributed by atoms with van der Waals surface area (Å²) in [4.78, 5) is 13.0. The summed E-state index contributed by atoms with van der Waals surface area (Å²) in [6, 6.07) is 13.2. The van der Waals surface area contributed by atoms with Gasteiger partial charge < -0.3 is 21.0 Å². The predicted octanol–water partition coefficient (Wildman–Crippen LogP) is 5.74. The summed E-state index contributed by atoms with van der Waals surface area (Å²) in [5, 5.41) is 14.6. The Morgan fingerprint density at radius 2 is 1.70 bits per heavy atom. The lowest BCUT2D eigenvalue weighted by atomic mass is 9.93. The molecule has 3 aromatic rings. The van der Waals surface area contributed by atoms with Crippen LogP contribution in [0.25, 0.3) is 11.1 Å². The van der Waals surface area contributed by atoms with Crippen molar-refractivity contribution in [3.05, 3.63) is 77.4 Å². The third kappa shape index (κ3) is 7.32.